The topological polar surface area (TPSA) is 64.6 Å². The summed E-state index contributed by atoms with van der Waals surface area (Å²) in [7, 11) is 0. The molecule has 1 N–H and O–H groups in total. The smallest absolute Gasteiger partial charge is 0.341 e. The van der Waals surface area contributed by atoms with Gasteiger partial charge < -0.3 is 14.8 Å². The number of para-hydroxylation sites is 1. The highest BCUT2D eigenvalue weighted by molar-refractivity contribution is 7.17. The van der Waals surface area contributed by atoms with Crippen LogP contribution in [0.4, 0.5) is 5.00 Å². The monoisotopic (exact) mass is 415 g/mol. The zero-order valence-corrected chi connectivity index (χ0v) is 18.4. The largest absolute Gasteiger partial charge is 0.484 e. The third-order valence-corrected chi connectivity index (χ3v) is 6.51. The molecule has 0 saturated heterocycles. The van der Waals surface area contributed by atoms with Crippen molar-refractivity contribution in [3.05, 3.63) is 46.3 Å². The Morgan fingerprint density at radius 2 is 1.93 bits per heavy atom. The van der Waals surface area contributed by atoms with Crippen LogP contribution in [-0.4, -0.2) is 25.1 Å². The fourth-order valence-corrected chi connectivity index (χ4v) is 4.99. The summed E-state index contributed by atoms with van der Waals surface area (Å²) in [5.41, 5.74) is 1.76. The van der Waals surface area contributed by atoms with E-state index in [1.165, 1.54) is 16.2 Å². The number of hydrogen-bond donors (Lipinski definition) is 1. The maximum atomic E-state index is 12.6. The van der Waals surface area contributed by atoms with Gasteiger partial charge in [0.15, 0.2) is 6.61 Å². The van der Waals surface area contributed by atoms with Crippen molar-refractivity contribution in [2.24, 2.45) is 11.3 Å². The SMILES string of the molecule is CCOC(=O)c1c(NC(=O)COc2ccccc2)sc2c1CCC(C(C)(C)C)C2. The lowest BCUT2D eigenvalue weighted by Gasteiger charge is -2.33. The minimum absolute atomic E-state index is 0.112. The Morgan fingerprint density at radius 3 is 2.59 bits per heavy atom. The van der Waals surface area contributed by atoms with E-state index in [-0.39, 0.29) is 23.9 Å². The summed E-state index contributed by atoms with van der Waals surface area (Å²) in [5, 5.41) is 3.46. The average Bonchev–Trinajstić information content (AvgIpc) is 3.03. The molecule has 1 heterocycles. The van der Waals surface area contributed by atoms with Gasteiger partial charge in [-0.05, 0) is 55.2 Å². The summed E-state index contributed by atoms with van der Waals surface area (Å²) in [6.45, 7) is 8.75. The van der Waals surface area contributed by atoms with Gasteiger partial charge in [0, 0.05) is 4.88 Å². The molecule has 156 valence electrons. The third-order valence-electron chi connectivity index (χ3n) is 5.34. The molecule has 29 heavy (non-hydrogen) atoms. The number of hydrogen-bond acceptors (Lipinski definition) is 5. The number of thiophene rings is 1. The predicted molar refractivity (Wildman–Crippen MR) is 116 cm³/mol. The minimum Gasteiger partial charge on any atom is -0.484 e. The fourth-order valence-electron chi connectivity index (χ4n) is 3.66. The first-order valence-corrected chi connectivity index (χ1v) is 10.9. The van der Waals surface area contributed by atoms with Crippen molar-refractivity contribution >= 4 is 28.2 Å². The molecule has 6 heteroatoms. The number of benzene rings is 1. The van der Waals surface area contributed by atoms with Crippen molar-refractivity contribution in [1.82, 2.24) is 0 Å². The van der Waals surface area contributed by atoms with Crippen LogP contribution in [0.3, 0.4) is 0 Å². The van der Waals surface area contributed by atoms with E-state index in [1.807, 2.05) is 18.2 Å². The van der Waals surface area contributed by atoms with Crippen LogP contribution in [0.2, 0.25) is 0 Å². The molecule has 3 rings (SSSR count). The van der Waals surface area contributed by atoms with Gasteiger partial charge in [-0.25, -0.2) is 4.79 Å². The number of ether oxygens (including phenoxy) is 2. The molecule has 0 saturated carbocycles. The highest BCUT2D eigenvalue weighted by Gasteiger charge is 2.34. The zero-order valence-electron chi connectivity index (χ0n) is 17.5. The van der Waals surface area contributed by atoms with Crippen LogP contribution in [0.1, 0.15) is 54.9 Å². The molecule has 1 unspecified atom stereocenters. The third kappa shape index (κ3) is 5.18. The standard InChI is InChI=1S/C23H29NO4S/c1-5-27-22(26)20-17-12-11-15(23(2,3)4)13-18(17)29-21(20)24-19(25)14-28-16-9-7-6-8-10-16/h6-10,15H,5,11-14H2,1-4H3,(H,24,25). The molecule has 1 aromatic carbocycles. The number of fused-ring (bicyclic) bond motifs is 1. The Kier molecular flexibility index (Phi) is 6.63. The summed E-state index contributed by atoms with van der Waals surface area (Å²) in [5.74, 6) is 0.532. The van der Waals surface area contributed by atoms with Crippen molar-refractivity contribution in [2.75, 3.05) is 18.5 Å². The van der Waals surface area contributed by atoms with Crippen molar-refractivity contribution in [1.29, 1.82) is 0 Å². The van der Waals surface area contributed by atoms with Crippen LogP contribution in [0.5, 0.6) is 5.75 Å². The molecule has 1 atom stereocenters. The molecule has 1 amide bonds. The van der Waals surface area contributed by atoms with Gasteiger partial charge >= 0.3 is 5.97 Å². The van der Waals surface area contributed by atoms with Crippen LogP contribution < -0.4 is 10.1 Å². The summed E-state index contributed by atoms with van der Waals surface area (Å²) in [6, 6.07) is 9.19. The summed E-state index contributed by atoms with van der Waals surface area (Å²) in [6.07, 6.45) is 2.79. The first kappa shape index (κ1) is 21.4. The van der Waals surface area contributed by atoms with Gasteiger partial charge in [-0.15, -0.1) is 11.3 Å². The summed E-state index contributed by atoms with van der Waals surface area (Å²) < 4.78 is 10.8. The van der Waals surface area contributed by atoms with Crippen molar-refractivity contribution < 1.29 is 19.1 Å². The van der Waals surface area contributed by atoms with Gasteiger partial charge in [-0.1, -0.05) is 39.0 Å². The van der Waals surface area contributed by atoms with E-state index >= 15 is 0 Å². The second-order valence-corrected chi connectivity index (χ2v) is 9.49. The average molecular weight is 416 g/mol. The van der Waals surface area contributed by atoms with Gasteiger partial charge in [0.25, 0.3) is 5.91 Å². The number of anilines is 1. The van der Waals surface area contributed by atoms with Crippen LogP contribution in [0.25, 0.3) is 0 Å². The van der Waals surface area contributed by atoms with E-state index in [0.29, 0.717) is 28.8 Å². The molecule has 0 bridgehead atoms. The molecular weight excluding hydrogens is 386 g/mol. The number of rotatable bonds is 6. The molecule has 1 aromatic heterocycles. The minimum atomic E-state index is -0.363. The van der Waals surface area contributed by atoms with Gasteiger partial charge in [-0.2, -0.15) is 0 Å². The van der Waals surface area contributed by atoms with E-state index in [9.17, 15) is 9.59 Å². The molecule has 5 nitrogen and oxygen atoms in total. The maximum absolute atomic E-state index is 12.6. The molecule has 1 aliphatic carbocycles. The molecule has 0 radical (unpaired) electrons. The van der Waals surface area contributed by atoms with E-state index in [0.717, 1.165) is 24.8 Å². The quantitative estimate of drug-likeness (QED) is 0.667. The lowest BCUT2D eigenvalue weighted by atomic mass is 9.72. The van der Waals surface area contributed by atoms with Crippen LogP contribution in [0, 0.1) is 11.3 Å². The number of carbonyl (C=O) groups excluding carboxylic acids is 2. The van der Waals surface area contributed by atoms with E-state index in [1.54, 1.807) is 19.1 Å². The van der Waals surface area contributed by atoms with E-state index in [2.05, 4.69) is 26.1 Å². The lowest BCUT2D eigenvalue weighted by Crippen LogP contribution is -2.26. The zero-order chi connectivity index (χ0) is 21.0. The lowest BCUT2D eigenvalue weighted by molar-refractivity contribution is -0.118. The van der Waals surface area contributed by atoms with Crippen molar-refractivity contribution in [2.45, 2.75) is 47.0 Å². The molecule has 0 fully saturated rings. The Bertz CT molecular complexity index is 867. The number of amides is 1. The van der Waals surface area contributed by atoms with Gasteiger partial charge in [0.05, 0.1) is 12.2 Å². The maximum Gasteiger partial charge on any atom is 0.341 e. The Hall–Kier alpha value is -2.34. The predicted octanol–water partition coefficient (Wildman–Crippen LogP) is 5.09. The van der Waals surface area contributed by atoms with Gasteiger partial charge in [0.1, 0.15) is 10.8 Å². The fraction of sp³-hybridized carbons (Fsp3) is 0.478. The van der Waals surface area contributed by atoms with Gasteiger partial charge in [-0.3, -0.25) is 4.79 Å². The summed E-state index contributed by atoms with van der Waals surface area (Å²) in [4.78, 5) is 26.3. The highest BCUT2D eigenvalue weighted by atomic mass is 32.1. The van der Waals surface area contributed by atoms with Crippen molar-refractivity contribution in [3.8, 4) is 5.75 Å². The highest BCUT2D eigenvalue weighted by Crippen LogP contribution is 2.44. The molecule has 0 spiro atoms. The van der Waals surface area contributed by atoms with Crippen LogP contribution in [0.15, 0.2) is 30.3 Å². The summed E-state index contributed by atoms with van der Waals surface area (Å²) >= 11 is 1.50. The van der Waals surface area contributed by atoms with E-state index in [4.69, 9.17) is 9.47 Å². The van der Waals surface area contributed by atoms with Crippen LogP contribution in [-0.2, 0) is 22.4 Å². The normalized spacial score (nSPS) is 16.1. The van der Waals surface area contributed by atoms with Gasteiger partial charge in [0.2, 0.25) is 0 Å². The van der Waals surface area contributed by atoms with E-state index < -0.39 is 0 Å². The Labute approximate surface area is 176 Å². The molecule has 0 aliphatic heterocycles. The Morgan fingerprint density at radius 1 is 1.21 bits per heavy atom. The first-order valence-electron chi connectivity index (χ1n) is 10.1. The first-order chi connectivity index (χ1) is 13.8. The second kappa shape index (κ2) is 8.99. The second-order valence-electron chi connectivity index (χ2n) is 8.38. The number of nitrogens with one attached hydrogen (secondary N) is 1. The molecule has 2 aromatic rings. The molecular formula is C23H29NO4S. The molecule has 1 aliphatic rings. The van der Waals surface area contributed by atoms with Crippen molar-refractivity contribution in [3.63, 3.8) is 0 Å². The van der Waals surface area contributed by atoms with Crippen LogP contribution >= 0.6 is 11.3 Å². The number of esters is 1. The Balaban J connectivity index is 1.79. The number of carbonyl (C=O) groups is 2.